The lowest BCUT2D eigenvalue weighted by Gasteiger charge is -1.88. The second kappa shape index (κ2) is 14.1. The van der Waals surface area contributed by atoms with Crippen LogP contribution >= 0.6 is 13.4 Å². The fourth-order valence-electron chi connectivity index (χ4n) is 0. The molecule has 10 heteroatoms. The molecule has 0 aliphatic carbocycles. The highest BCUT2D eigenvalue weighted by molar-refractivity contribution is 8.06. The monoisotopic (exact) mass is 292 g/mol. The van der Waals surface area contributed by atoms with Crippen molar-refractivity contribution >= 4 is 37.1 Å². The summed E-state index contributed by atoms with van der Waals surface area (Å²) in [6.07, 6.45) is 0. The van der Waals surface area contributed by atoms with E-state index in [2.05, 4.69) is 23.6 Å². The minimum atomic E-state index is -3.81. The molecule has 0 saturated heterocycles. The number of hydrogen-bond acceptors (Lipinski definition) is 2. The summed E-state index contributed by atoms with van der Waals surface area (Å²) in [5.41, 5.74) is 0. The topological polar surface area (TPSA) is 121 Å². The molecule has 0 spiro atoms. The Morgan fingerprint density at radius 1 is 0.500 bits per heavy atom. The van der Waals surface area contributed by atoms with Gasteiger partial charge in [0.05, 0.1) is 0 Å². The molecule has 6 N–H and O–H groups in total. The van der Waals surface area contributed by atoms with Crippen LogP contribution in [-0.4, -0.2) is 29.4 Å². The molecule has 0 aliphatic rings. The second-order valence-electron chi connectivity index (χ2n) is 1.03. The summed E-state index contributed by atoms with van der Waals surface area (Å²) >= 11 is 7.21. The largest absolute Gasteiger partial charge is 0.325 e. The third kappa shape index (κ3) is 1690. The first-order valence-corrected chi connectivity index (χ1v) is 6.89. The molecule has 0 bridgehead atoms. The van der Waals surface area contributed by atoms with Crippen LogP contribution in [0.4, 0.5) is 0 Å². The molecule has 0 fully saturated rings. The molecule has 96 valence electrons. The Bertz CT molecular complexity index is 138. The lowest BCUT2D eigenvalue weighted by atomic mass is 12.0. The van der Waals surface area contributed by atoms with Crippen molar-refractivity contribution < 1.29 is 29.4 Å². The highest BCUT2D eigenvalue weighted by atomic mass is 32.5. The zero-order chi connectivity index (χ0) is 9.00. The number of rotatable bonds is 0. The van der Waals surface area contributed by atoms with E-state index in [-0.39, 0.29) is 29.7 Å². The van der Waals surface area contributed by atoms with E-state index in [1.165, 1.54) is 0 Å². The fourth-order valence-corrected chi connectivity index (χ4v) is 0. The smallest absolute Gasteiger partial charge is 0.319 e. The lowest BCUT2D eigenvalue weighted by Crippen LogP contribution is -1.65. The molecular formula is C4H22O6P2S2. The van der Waals surface area contributed by atoms with Crippen molar-refractivity contribution in [2.75, 3.05) is 0 Å². The zero-order valence-corrected chi connectivity index (χ0v) is 7.82. The quantitative estimate of drug-likeness (QED) is 0.364. The van der Waals surface area contributed by atoms with Gasteiger partial charge in [-0.1, -0.05) is 29.7 Å². The van der Waals surface area contributed by atoms with Crippen LogP contribution in [0, 0.1) is 0 Å². The van der Waals surface area contributed by atoms with Crippen molar-refractivity contribution in [1.29, 1.82) is 0 Å². The Labute approximate surface area is 96.4 Å². The third-order valence-electron chi connectivity index (χ3n) is 0. The molecular weight excluding hydrogens is 270 g/mol. The van der Waals surface area contributed by atoms with Crippen molar-refractivity contribution in [3.63, 3.8) is 0 Å². The first kappa shape index (κ1) is 36.3. The fraction of sp³-hybridized carbons (Fsp3) is 1.00. The van der Waals surface area contributed by atoms with Crippen LogP contribution in [0.3, 0.4) is 0 Å². The van der Waals surface area contributed by atoms with E-state index in [4.69, 9.17) is 29.4 Å². The lowest BCUT2D eigenvalue weighted by molar-refractivity contribution is 0.361. The van der Waals surface area contributed by atoms with Crippen molar-refractivity contribution in [1.82, 2.24) is 0 Å². The standard InChI is InChI=1S/4CH4.2H3O3PS/c;;;;2*1-4(2,3)5/h4*1H4;2*(H3,1,2,3,5). The summed E-state index contributed by atoms with van der Waals surface area (Å²) in [5, 5.41) is 0. The Morgan fingerprint density at radius 3 is 0.500 bits per heavy atom. The van der Waals surface area contributed by atoms with E-state index < -0.39 is 13.4 Å². The van der Waals surface area contributed by atoms with Crippen LogP contribution in [0.1, 0.15) is 29.7 Å². The molecule has 6 nitrogen and oxygen atoms in total. The van der Waals surface area contributed by atoms with Crippen LogP contribution in [0.2, 0.25) is 0 Å². The SMILES string of the molecule is C.C.C.C.OP(O)(O)=S.OP(O)(O)=S. The maximum absolute atomic E-state index is 7.56. The van der Waals surface area contributed by atoms with Crippen molar-refractivity contribution in [2.45, 2.75) is 29.7 Å². The van der Waals surface area contributed by atoms with Gasteiger partial charge in [-0.05, 0) is 23.6 Å². The van der Waals surface area contributed by atoms with Crippen LogP contribution in [0.25, 0.3) is 0 Å². The van der Waals surface area contributed by atoms with Gasteiger partial charge in [-0.25, -0.2) is 0 Å². The summed E-state index contributed by atoms with van der Waals surface area (Å²) in [6, 6.07) is 0. The molecule has 0 radical (unpaired) electrons. The van der Waals surface area contributed by atoms with Crippen LogP contribution in [-0.2, 0) is 23.6 Å². The molecule has 0 heterocycles. The van der Waals surface area contributed by atoms with E-state index in [0.717, 1.165) is 0 Å². The van der Waals surface area contributed by atoms with Gasteiger partial charge in [0.2, 0.25) is 0 Å². The van der Waals surface area contributed by atoms with Gasteiger partial charge in [-0.2, -0.15) is 0 Å². The highest BCUT2D eigenvalue weighted by Gasteiger charge is 1.92. The summed E-state index contributed by atoms with van der Waals surface area (Å²) < 4.78 is 0. The van der Waals surface area contributed by atoms with Crippen LogP contribution < -0.4 is 0 Å². The average molecular weight is 292 g/mol. The molecule has 0 aromatic carbocycles. The Balaban J connectivity index is -0.0000000178. The first-order chi connectivity index (χ1) is 4.00. The molecule has 14 heavy (non-hydrogen) atoms. The Morgan fingerprint density at radius 2 is 0.500 bits per heavy atom. The minimum absolute atomic E-state index is 0. The predicted molar refractivity (Wildman–Crippen MR) is 68.8 cm³/mol. The molecule has 0 saturated carbocycles. The predicted octanol–water partition coefficient (Wildman–Crippen LogP) is 0.920. The van der Waals surface area contributed by atoms with Gasteiger partial charge < -0.3 is 29.4 Å². The van der Waals surface area contributed by atoms with Crippen LogP contribution in [0.15, 0.2) is 0 Å². The van der Waals surface area contributed by atoms with Gasteiger partial charge in [0.15, 0.2) is 0 Å². The van der Waals surface area contributed by atoms with Crippen molar-refractivity contribution in [3.8, 4) is 0 Å². The highest BCUT2D eigenvalue weighted by Crippen LogP contribution is 2.26. The summed E-state index contributed by atoms with van der Waals surface area (Å²) in [6.45, 7) is -7.61. The molecule has 0 rings (SSSR count). The summed E-state index contributed by atoms with van der Waals surface area (Å²) in [4.78, 5) is 45.3. The van der Waals surface area contributed by atoms with Gasteiger partial charge in [0, 0.05) is 0 Å². The summed E-state index contributed by atoms with van der Waals surface area (Å²) in [5.74, 6) is 0. The van der Waals surface area contributed by atoms with E-state index in [9.17, 15) is 0 Å². The molecule has 0 atom stereocenters. The first-order valence-electron chi connectivity index (χ1n) is 1.57. The van der Waals surface area contributed by atoms with E-state index in [1.807, 2.05) is 0 Å². The molecule has 0 amide bonds. The van der Waals surface area contributed by atoms with E-state index >= 15 is 0 Å². The van der Waals surface area contributed by atoms with Gasteiger partial charge in [-0.3, -0.25) is 0 Å². The molecule has 0 aromatic heterocycles. The Hall–Kier alpha value is 1.06. The van der Waals surface area contributed by atoms with Crippen molar-refractivity contribution in [3.05, 3.63) is 0 Å². The van der Waals surface area contributed by atoms with Gasteiger partial charge in [-0.15, -0.1) is 0 Å². The second-order valence-corrected chi connectivity index (χ2v) is 6.02. The van der Waals surface area contributed by atoms with Gasteiger partial charge in [0.25, 0.3) is 0 Å². The minimum Gasteiger partial charge on any atom is -0.325 e. The zero-order valence-electron chi connectivity index (χ0n) is 4.39. The maximum atomic E-state index is 7.56. The van der Waals surface area contributed by atoms with E-state index in [1.54, 1.807) is 0 Å². The van der Waals surface area contributed by atoms with Crippen LogP contribution in [0.5, 0.6) is 0 Å². The molecule has 0 aliphatic heterocycles. The molecule has 0 unspecified atom stereocenters. The van der Waals surface area contributed by atoms with E-state index in [0.29, 0.717) is 0 Å². The Kier molecular flexibility index (Phi) is 36.4. The summed E-state index contributed by atoms with van der Waals surface area (Å²) in [7, 11) is 0. The third-order valence-corrected chi connectivity index (χ3v) is 0. The molecule has 0 aromatic rings. The number of hydrogen-bond donors (Lipinski definition) is 6. The normalized spacial score (nSPS) is 8.43. The van der Waals surface area contributed by atoms with Gasteiger partial charge in [0.1, 0.15) is 0 Å². The van der Waals surface area contributed by atoms with Crippen molar-refractivity contribution in [2.24, 2.45) is 0 Å². The average Bonchev–Trinajstić information content (AvgIpc) is 1.12. The maximum Gasteiger partial charge on any atom is 0.319 e. The van der Waals surface area contributed by atoms with Gasteiger partial charge >= 0.3 is 13.4 Å².